The molecule has 25 heavy (non-hydrogen) atoms. The number of aromatic nitrogens is 2. The van der Waals surface area contributed by atoms with Gasteiger partial charge in [-0.05, 0) is 37.5 Å². The number of hydrogen-bond acceptors (Lipinski definition) is 4. The zero-order chi connectivity index (χ0) is 17.6. The normalized spacial score (nSPS) is 16.2. The molecule has 6 heteroatoms. The number of carbonyl (C=O) groups excluding carboxylic acids is 1. The Balaban J connectivity index is 1.46. The topological polar surface area (TPSA) is 41.4 Å². The predicted molar refractivity (Wildman–Crippen MR) is 102 cm³/mol. The smallest absolute Gasteiger partial charge is 0.224 e. The van der Waals surface area contributed by atoms with Crippen LogP contribution in [0.25, 0.3) is 0 Å². The van der Waals surface area contributed by atoms with Crippen molar-refractivity contribution in [1.29, 1.82) is 0 Å². The highest BCUT2D eigenvalue weighted by Gasteiger charge is 2.19. The van der Waals surface area contributed by atoms with Gasteiger partial charge >= 0.3 is 0 Å². The van der Waals surface area contributed by atoms with Crippen molar-refractivity contribution in [3.63, 3.8) is 0 Å². The maximum Gasteiger partial charge on any atom is 0.224 e. The Morgan fingerprint density at radius 1 is 1.20 bits per heavy atom. The van der Waals surface area contributed by atoms with E-state index in [9.17, 15) is 4.79 Å². The maximum atomic E-state index is 12.5. The van der Waals surface area contributed by atoms with Crippen molar-refractivity contribution in [2.24, 2.45) is 0 Å². The lowest BCUT2D eigenvalue weighted by Crippen LogP contribution is -2.35. The Hall–Kier alpha value is -1.66. The molecule has 0 unspecified atom stereocenters. The van der Waals surface area contributed by atoms with Gasteiger partial charge in [-0.25, -0.2) is 0 Å². The van der Waals surface area contributed by atoms with Crippen LogP contribution in [0.2, 0.25) is 0 Å². The molecule has 1 aliphatic heterocycles. The summed E-state index contributed by atoms with van der Waals surface area (Å²) >= 11 is 1.92. The SMILES string of the molecule is CCc1ccc(CN2CCCN(C(=O)CCn3cc(C)cn3)CC2)s1. The third kappa shape index (κ3) is 5.16. The third-order valence-corrected chi connectivity index (χ3v) is 5.92. The van der Waals surface area contributed by atoms with E-state index in [0.717, 1.165) is 51.1 Å². The van der Waals surface area contributed by atoms with Crippen LogP contribution in [0, 0.1) is 6.92 Å². The minimum Gasteiger partial charge on any atom is -0.341 e. The lowest BCUT2D eigenvalue weighted by Gasteiger charge is -2.21. The van der Waals surface area contributed by atoms with Crippen molar-refractivity contribution < 1.29 is 4.79 Å². The van der Waals surface area contributed by atoms with Gasteiger partial charge in [0.2, 0.25) is 5.91 Å². The molecular weight excluding hydrogens is 332 g/mol. The fourth-order valence-corrected chi connectivity index (χ4v) is 4.25. The molecule has 2 aromatic rings. The van der Waals surface area contributed by atoms with Crippen LogP contribution in [0.1, 0.15) is 35.1 Å². The molecule has 0 aromatic carbocycles. The van der Waals surface area contributed by atoms with Gasteiger partial charge < -0.3 is 4.90 Å². The Bertz CT molecular complexity index is 693. The molecule has 1 fully saturated rings. The number of rotatable bonds is 6. The number of carbonyl (C=O) groups is 1. The molecule has 0 bridgehead atoms. The summed E-state index contributed by atoms with van der Waals surface area (Å²) in [4.78, 5) is 19.9. The first-order valence-corrected chi connectivity index (χ1v) is 10.0. The summed E-state index contributed by atoms with van der Waals surface area (Å²) in [5.74, 6) is 0.249. The van der Waals surface area contributed by atoms with Gasteiger partial charge in [-0.3, -0.25) is 14.4 Å². The second kappa shape index (κ2) is 8.63. The van der Waals surface area contributed by atoms with Gasteiger partial charge in [0.05, 0.1) is 6.20 Å². The largest absolute Gasteiger partial charge is 0.341 e. The molecule has 1 saturated heterocycles. The number of hydrogen-bond donors (Lipinski definition) is 0. The van der Waals surface area contributed by atoms with Crippen LogP contribution in [-0.4, -0.2) is 51.7 Å². The lowest BCUT2D eigenvalue weighted by atomic mass is 10.3. The molecule has 0 radical (unpaired) electrons. The maximum absolute atomic E-state index is 12.5. The van der Waals surface area contributed by atoms with Crippen molar-refractivity contribution in [2.75, 3.05) is 26.2 Å². The number of nitrogens with zero attached hydrogens (tertiary/aromatic N) is 4. The summed E-state index contributed by atoms with van der Waals surface area (Å²) in [6.07, 6.45) is 6.53. The van der Waals surface area contributed by atoms with Crippen molar-refractivity contribution in [3.05, 3.63) is 39.8 Å². The molecular formula is C19H28N4OS. The van der Waals surface area contributed by atoms with E-state index >= 15 is 0 Å². The van der Waals surface area contributed by atoms with E-state index in [2.05, 4.69) is 29.1 Å². The van der Waals surface area contributed by atoms with Gasteiger partial charge in [-0.1, -0.05) is 6.92 Å². The van der Waals surface area contributed by atoms with Crippen LogP contribution in [0.5, 0.6) is 0 Å². The summed E-state index contributed by atoms with van der Waals surface area (Å²) in [5.41, 5.74) is 1.14. The molecule has 136 valence electrons. The Kier molecular flexibility index (Phi) is 6.26. The van der Waals surface area contributed by atoms with Crippen LogP contribution >= 0.6 is 11.3 Å². The molecule has 2 aromatic heterocycles. The van der Waals surface area contributed by atoms with Crippen LogP contribution in [0.3, 0.4) is 0 Å². The van der Waals surface area contributed by atoms with E-state index in [1.165, 1.54) is 9.75 Å². The molecule has 5 nitrogen and oxygen atoms in total. The van der Waals surface area contributed by atoms with Gasteiger partial charge in [-0.15, -0.1) is 11.3 Å². The van der Waals surface area contributed by atoms with Gasteiger partial charge in [0.15, 0.2) is 0 Å². The minimum absolute atomic E-state index is 0.249. The highest BCUT2D eigenvalue weighted by molar-refractivity contribution is 7.11. The third-order valence-electron chi connectivity index (χ3n) is 4.70. The van der Waals surface area contributed by atoms with Crippen LogP contribution in [-0.2, 0) is 24.3 Å². The van der Waals surface area contributed by atoms with Gasteiger partial charge in [0.1, 0.15) is 0 Å². The Labute approximate surface area is 154 Å². The first-order valence-electron chi connectivity index (χ1n) is 9.21. The lowest BCUT2D eigenvalue weighted by molar-refractivity contribution is -0.131. The quantitative estimate of drug-likeness (QED) is 0.795. The number of amides is 1. The molecule has 0 saturated carbocycles. The van der Waals surface area contributed by atoms with Crippen molar-refractivity contribution in [2.45, 2.75) is 46.2 Å². The zero-order valence-electron chi connectivity index (χ0n) is 15.3. The van der Waals surface area contributed by atoms with E-state index in [0.29, 0.717) is 13.0 Å². The molecule has 0 atom stereocenters. The minimum atomic E-state index is 0.249. The fraction of sp³-hybridized carbons (Fsp3) is 0.579. The first-order chi connectivity index (χ1) is 12.1. The predicted octanol–water partition coefficient (Wildman–Crippen LogP) is 2.94. The molecule has 3 heterocycles. The molecule has 0 N–H and O–H groups in total. The zero-order valence-corrected chi connectivity index (χ0v) is 16.1. The van der Waals surface area contributed by atoms with E-state index < -0.39 is 0 Å². The second-order valence-corrected chi connectivity index (χ2v) is 8.02. The summed E-state index contributed by atoms with van der Waals surface area (Å²) in [6.45, 7) is 9.65. The average molecular weight is 361 g/mol. The van der Waals surface area contributed by atoms with Crippen LogP contribution in [0.4, 0.5) is 0 Å². The summed E-state index contributed by atoms with van der Waals surface area (Å²) in [7, 11) is 0. The molecule has 1 amide bonds. The standard InChI is InChI=1S/C19H28N4OS/c1-3-17-5-6-18(25-17)15-21-8-4-9-22(12-11-21)19(24)7-10-23-14-16(2)13-20-23/h5-6,13-14H,3-4,7-12,15H2,1-2H3. The summed E-state index contributed by atoms with van der Waals surface area (Å²) in [6, 6.07) is 4.49. The Morgan fingerprint density at radius 3 is 2.76 bits per heavy atom. The van der Waals surface area contributed by atoms with E-state index in [-0.39, 0.29) is 5.91 Å². The van der Waals surface area contributed by atoms with E-state index in [4.69, 9.17) is 0 Å². The van der Waals surface area contributed by atoms with Crippen molar-refractivity contribution in [3.8, 4) is 0 Å². The highest BCUT2D eigenvalue weighted by atomic mass is 32.1. The van der Waals surface area contributed by atoms with Gasteiger partial charge in [0, 0.05) is 61.6 Å². The molecule has 0 aliphatic carbocycles. The van der Waals surface area contributed by atoms with E-state index in [1.54, 1.807) is 0 Å². The van der Waals surface area contributed by atoms with Crippen molar-refractivity contribution >= 4 is 17.2 Å². The summed E-state index contributed by atoms with van der Waals surface area (Å²) in [5, 5.41) is 4.26. The van der Waals surface area contributed by atoms with Gasteiger partial charge in [0.25, 0.3) is 0 Å². The monoisotopic (exact) mass is 360 g/mol. The van der Waals surface area contributed by atoms with Crippen molar-refractivity contribution in [1.82, 2.24) is 19.6 Å². The van der Waals surface area contributed by atoms with Gasteiger partial charge in [-0.2, -0.15) is 5.10 Å². The van der Waals surface area contributed by atoms with E-state index in [1.807, 2.05) is 40.2 Å². The van der Waals surface area contributed by atoms with Crippen LogP contribution in [0.15, 0.2) is 24.5 Å². The molecule has 0 spiro atoms. The molecule has 1 aliphatic rings. The fourth-order valence-electron chi connectivity index (χ4n) is 3.25. The average Bonchev–Trinajstić information content (AvgIpc) is 3.16. The number of thiophene rings is 1. The summed E-state index contributed by atoms with van der Waals surface area (Å²) < 4.78 is 1.86. The molecule has 3 rings (SSSR count). The first kappa shape index (κ1) is 18.1. The number of aryl methyl sites for hydroxylation is 3. The Morgan fingerprint density at radius 2 is 2.04 bits per heavy atom. The van der Waals surface area contributed by atoms with Crippen LogP contribution < -0.4 is 0 Å². The highest BCUT2D eigenvalue weighted by Crippen LogP contribution is 2.19. The second-order valence-electron chi connectivity index (χ2n) is 6.76.